The molecule has 4 rings (SSSR count). The zero-order valence-corrected chi connectivity index (χ0v) is 22.5. The average molecular weight is 525 g/mol. The van der Waals surface area contributed by atoms with Crippen LogP contribution in [0.1, 0.15) is 54.4 Å². The normalized spacial score (nSPS) is 21.7. The summed E-state index contributed by atoms with van der Waals surface area (Å²) in [5.74, 6) is -0.302. The summed E-state index contributed by atoms with van der Waals surface area (Å²) in [5.41, 5.74) is 1.63. The highest BCUT2D eigenvalue weighted by Gasteiger charge is 2.37. The molecule has 1 aliphatic carbocycles. The van der Waals surface area contributed by atoms with E-state index in [1.54, 1.807) is 23.9 Å². The molecule has 1 aliphatic heterocycles. The number of nitrogens with zero attached hydrogens (tertiary/aromatic N) is 3. The van der Waals surface area contributed by atoms with E-state index in [0.717, 1.165) is 44.1 Å². The Morgan fingerprint density at radius 3 is 2.35 bits per heavy atom. The number of piperidine rings is 1. The molecule has 0 aromatic heterocycles. The van der Waals surface area contributed by atoms with Gasteiger partial charge in [-0.3, -0.25) is 9.59 Å². The van der Waals surface area contributed by atoms with E-state index >= 15 is 0 Å². The molecular weight excluding hydrogens is 488 g/mol. The molecule has 2 unspecified atom stereocenters. The molecule has 1 heterocycles. The van der Waals surface area contributed by atoms with Crippen molar-refractivity contribution in [1.29, 1.82) is 0 Å². The molecule has 4 amide bonds. The van der Waals surface area contributed by atoms with Crippen LogP contribution in [0.2, 0.25) is 5.02 Å². The fraction of sp³-hybridized carbons (Fsp3) is 0.483. The van der Waals surface area contributed by atoms with Gasteiger partial charge in [-0.2, -0.15) is 0 Å². The summed E-state index contributed by atoms with van der Waals surface area (Å²) in [6.45, 7) is 1.54. The lowest BCUT2D eigenvalue weighted by molar-refractivity contribution is -0.127. The maximum absolute atomic E-state index is 13.8. The van der Waals surface area contributed by atoms with E-state index in [4.69, 9.17) is 11.6 Å². The predicted octanol–water partition coefficient (Wildman–Crippen LogP) is 4.80. The number of amides is 4. The van der Waals surface area contributed by atoms with Crippen molar-refractivity contribution in [3.05, 3.63) is 70.7 Å². The maximum atomic E-state index is 13.8. The van der Waals surface area contributed by atoms with Gasteiger partial charge < -0.3 is 20.0 Å². The highest BCUT2D eigenvalue weighted by molar-refractivity contribution is 6.30. The zero-order chi connectivity index (χ0) is 26.4. The van der Waals surface area contributed by atoms with E-state index in [2.05, 4.69) is 5.32 Å². The summed E-state index contributed by atoms with van der Waals surface area (Å²) in [5, 5.41) is 3.96. The van der Waals surface area contributed by atoms with Gasteiger partial charge in [-0.05, 0) is 55.5 Å². The Labute approximate surface area is 224 Å². The topological polar surface area (TPSA) is 73.0 Å². The number of hydrogen-bond donors (Lipinski definition) is 1. The van der Waals surface area contributed by atoms with Gasteiger partial charge in [-0.15, -0.1) is 0 Å². The first kappa shape index (κ1) is 27.0. The van der Waals surface area contributed by atoms with Crippen molar-refractivity contribution in [3.8, 4) is 0 Å². The number of urea groups is 1. The second-order valence-electron chi connectivity index (χ2n) is 10.4. The van der Waals surface area contributed by atoms with Gasteiger partial charge in [0, 0.05) is 50.4 Å². The van der Waals surface area contributed by atoms with E-state index in [9.17, 15) is 14.4 Å². The van der Waals surface area contributed by atoms with E-state index in [-0.39, 0.29) is 35.8 Å². The van der Waals surface area contributed by atoms with Crippen molar-refractivity contribution in [2.45, 2.75) is 57.2 Å². The van der Waals surface area contributed by atoms with Crippen molar-refractivity contribution < 1.29 is 14.4 Å². The molecule has 1 saturated carbocycles. The summed E-state index contributed by atoms with van der Waals surface area (Å²) in [6, 6.07) is 16.6. The van der Waals surface area contributed by atoms with Gasteiger partial charge in [-0.25, -0.2) is 4.79 Å². The van der Waals surface area contributed by atoms with Gasteiger partial charge in [0.15, 0.2) is 0 Å². The van der Waals surface area contributed by atoms with Gasteiger partial charge in [0.05, 0.1) is 12.0 Å². The van der Waals surface area contributed by atoms with Crippen LogP contribution < -0.4 is 5.32 Å². The molecule has 37 heavy (non-hydrogen) atoms. The fourth-order valence-electron chi connectivity index (χ4n) is 5.47. The number of benzene rings is 2. The first-order valence-electron chi connectivity index (χ1n) is 13.2. The summed E-state index contributed by atoms with van der Waals surface area (Å²) in [4.78, 5) is 44.9. The van der Waals surface area contributed by atoms with Crippen LogP contribution in [0.4, 0.5) is 4.79 Å². The number of carbonyl (C=O) groups is 3. The van der Waals surface area contributed by atoms with Gasteiger partial charge >= 0.3 is 6.03 Å². The fourth-order valence-corrected chi connectivity index (χ4v) is 5.60. The van der Waals surface area contributed by atoms with Crippen LogP contribution in [-0.4, -0.2) is 71.8 Å². The molecule has 0 spiro atoms. The largest absolute Gasteiger partial charge is 0.351 e. The Bertz CT molecular complexity index is 1080. The smallest absolute Gasteiger partial charge is 0.319 e. The van der Waals surface area contributed by atoms with Crippen molar-refractivity contribution in [2.75, 3.05) is 27.2 Å². The Morgan fingerprint density at radius 2 is 1.65 bits per heavy atom. The molecule has 1 saturated heterocycles. The predicted molar refractivity (Wildman–Crippen MR) is 145 cm³/mol. The second kappa shape index (κ2) is 12.5. The van der Waals surface area contributed by atoms with Crippen LogP contribution in [0.25, 0.3) is 0 Å². The number of hydrogen-bond acceptors (Lipinski definition) is 3. The van der Waals surface area contributed by atoms with Gasteiger partial charge in [0.1, 0.15) is 0 Å². The zero-order valence-electron chi connectivity index (χ0n) is 21.7. The van der Waals surface area contributed by atoms with E-state index in [0.29, 0.717) is 30.2 Å². The van der Waals surface area contributed by atoms with Crippen molar-refractivity contribution in [2.24, 2.45) is 5.92 Å². The summed E-state index contributed by atoms with van der Waals surface area (Å²) >= 11 is 6.10. The lowest BCUT2D eigenvalue weighted by Crippen LogP contribution is -2.57. The van der Waals surface area contributed by atoms with Crippen molar-refractivity contribution >= 4 is 29.4 Å². The SMILES string of the molecule is CN(C)C(=O)N1CCCC(C(=O)NC2CCCC[C@H]2N(Cc2ccc(Cl)cc2)C(=O)c2ccccc2)C1. The Balaban J connectivity index is 1.53. The monoisotopic (exact) mass is 524 g/mol. The molecule has 2 aliphatic rings. The van der Waals surface area contributed by atoms with E-state index in [1.807, 2.05) is 59.5 Å². The minimum absolute atomic E-state index is 0.0215. The van der Waals surface area contributed by atoms with Crippen LogP contribution in [0.5, 0.6) is 0 Å². The third-order valence-corrected chi connectivity index (χ3v) is 7.70. The van der Waals surface area contributed by atoms with Crippen LogP contribution >= 0.6 is 11.6 Å². The molecule has 2 aromatic carbocycles. The Morgan fingerprint density at radius 1 is 0.946 bits per heavy atom. The lowest BCUT2D eigenvalue weighted by Gasteiger charge is -2.41. The number of nitrogens with one attached hydrogen (secondary N) is 1. The highest BCUT2D eigenvalue weighted by Crippen LogP contribution is 2.28. The minimum Gasteiger partial charge on any atom is -0.351 e. The second-order valence-corrected chi connectivity index (χ2v) is 10.8. The number of carbonyl (C=O) groups excluding carboxylic acids is 3. The molecule has 7 nitrogen and oxygen atoms in total. The minimum atomic E-state index is -0.241. The highest BCUT2D eigenvalue weighted by atomic mass is 35.5. The summed E-state index contributed by atoms with van der Waals surface area (Å²) in [7, 11) is 3.47. The molecule has 0 radical (unpaired) electrons. The lowest BCUT2D eigenvalue weighted by atomic mass is 9.87. The molecular formula is C29H37ClN4O3. The standard InChI is InChI=1S/C29H37ClN4O3/c1-32(2)29(37)33-18-8-11-23(20-33)27(35)31-25-12-6-7-13-26(25)34(19-21-14-16-24(30)17-15-21)28(36)22-9-4-3-5-10-22/h3-5,9-10,14-17,23,25-26H,6-8,11-13,18-20H2,1-2H3,(H,31,35)/t23?,25?,26-/m1/s1. The molecule has 1 N–H and O–H groups in total. The summed E-state index contributed by atoms with van der Waals surface area (Å²) < 4.78 is 0. The van der Waals surface area contributed by atoms with Crippen molar-refractivity contribution in [1.82, 2.24) is 20.0 Å². The molecule has 8 heteroatoms. The molecule has 198 valence electrons. The van der Waals surface area contributed by atoms with Gasteiger partial charge in [0.25, 0.3) is 5.91 Å². The number of likely N-dealkylation sites (tertiary alicyclic amines) is 1. The van der Waals surface area contributed by atoms with Crippen LogP contribution in [-0.2, 0) is 11.3 Å². The average Bonchev–Trinajstić information content (AvgIpc) is 2.93. The van der Waals surface area contributed by atoms with Crippen LogP contribution in [0, 0.1) is 5.92 Å². The van der Waals surface area contributed by atoms with Crippen molar-refractivity contribution in [3.63, 3.8) is 0 Å². The third-order valence-electron chi connectivity index (χ3n) is 7.45. The maximum Gasteiger partial charge on any atom is 0.319 e. The number of rotatable bonds is 6. The quantitative estimate of drug-likeness (QED) is 0.589. The van der Waals surface area contributed by atoms with E-state index < -0.39 is 0 Å². The van der Waals surface area contributed by atoms with Gasteiger partial charge in [-0.1, -0.05) is 54.8 Å². The molecule has 2 aromatic rings. The molecule has 2 fully saturated rings. The summed E-state index contributed by atoms with van der Waals surface area (Å²) in [6.07, 6.45) is 5.23. The molecule has 0 bridgehead atoms. The van der Waals surface area contributed by atoms with E-state index in [1.165, 1.54) is 0 Å². The Kier molecular flexibility index (Phi) is 9.09. The first-order valence-corrected chi connectivity index (χ1v) is 13.6. The van der Waals surface area contributed by atoms with Gasteiger partial charge in [0.2, 0.25) is 5.91 Å². The Hall–Kier alpha value is -3.06. The molecule has 3 atom stereocenters. The number of halogens is 1. The first-order chi connectivity index (χ1) is 17.8. The van der Waals surface area contributed by atoms with Crippen LogP contribution in [0.15, 0.2) is 54.6 Å². The third kappa shape index (κ3) is 6.83. The van der Waals surface area contributed by atoms with Crippen LogP contribution in [0.3, 0.4) is 0 Å².